The third kappa shape index (κ3) is 3.79. The lowest BCUT2D eigenvalue weighted by Gasteiger charge is -2.20. The summed E-state index contributed by atoms with van der Waals surface area (Å²) in [6.07, 6.45) is 0. The van der Waals surface area contributed by atoms with E-state index in [2.05, 4.69) is 5.32 Å². The molecule has 0 aliphatic heterocycles. The van der Waals surface area contributed by atoms with Gasteiger partial charge in [0.2, 0.25) is 0 Å². The van der Waals surface area contributed by atoms with Gasteiger partial charge in [-0.25, -0.2) is 8.78 Å². The molecule has 1 atom stereocenters. The second-order valence-corrected chi connectivity index (χ2v) is 4.83. The van der Waals surface area contributed by atoms with Crippen molar-refractivity contribution in [3.63, 3.8) is 0 Å². The summed E-state index contributed by atoms with van der Waals surface area (Å²) in [5.41, 5.74) is 0.589. The molecule has 4 heteroatoms. The number of rotatable bonds is 6. The molecule has 2 aromatic carbocycles. The minimum Gasteiger partial charge on any atom is -0.492 e. The highest BCUT2D eigenvalue weighted by Crippen LogP contribution is 2.23. The van der Waals surface area contributed by atoms with Crippen LogP contribution in [0, 0.1) is 18.6 Å². The minimum atomic E-state index is -0.808. The highest BCUT2D eigenvalue weighted by molar-refractivity contribution is 5.28. The Hall–Kier alpha value is -1.94. The normalized spacial score (nSPS) is 12.2. The van der Waals surface area contributed by atoms with Crippen molar-refractivity contribution in [2.45, 2.75) is 19.9 Å². The Morgan fingerprint density at radius 3 is 2.43 bits per heavy atom. The molecule has 0 spiro atoms. The highest BCUT2D eigenvalue weighted by Gasteiger charge is 2.19. The molecule has 0 radical (unpaired) electrons. The molecule has 0 saturated carbocycles. The maximum Gasteiger partial charge on any atom is 0.163 e. The van der Waals surface area contributed by atoms with Crippen LogP contribution in [0.5, 0.6) is 5.75 Å². The van der Waals surface area contributed by atoms with Crippen LogP contribution in [0.15, 0.2) is 42.5 Å². The summed E-state index contributed by atoms with van der Waals surface area (Å²) >= 11 is 0. The van der Waals surface area contributed by atoms with Gasteiger partial charge >= 0.3 is 0 Å². The third-order valence-corrected chi connectivity index (χ3v) is 3.29. The monoisotopic (exact) mass is 291 g/mol. The van der Waals surface area contributed by atoms with Gasteiger partial charge in [0.05, 0.1) is 6.04 Å². The molecule has 0 saturated heterocycles. The van der Waals surface area contributed by atoms with E-state index in [1.165, 1.54) is 0 Å². The topological polar surface area (TPSA) is 21.3 Å². The van der Waals surface area contributed by atoms with Crippen LogP contribution < -0.4 is 10.1 Å². The van der Waals surface area contributed by atoms with Crippen molar-refractivity contribution < 1.29 is 13.5 Å². The lowest BCUT2D eigenvalue weighted by Crippen LogP contribution is -2.28. The van der Waals surface area contributed by atoms with Gasteiger partial charge in [0.15, 0.2) is 11.6 Å². The minimum absolute atomic E-state index is 0.233. The first-order valence-electron chi connectivity index (χ1n) is 6.99. The summed E-state index contributed by atoms with van der Waals surface area (Å²) in [5, 5.41) is 3.12. The van der Waals surface area contributed by atoms with Gasteiger partial charge in [0.1, 0.15) is 12.4 Å². The zero-order valence-corrected chi connectivity index (χ0v) is 12.2. The summed E-state index contributed by atoms with van der Waals surface area (Å²) in [4.78, 5) is 0. The molecule has 1 unspecified atom stereocenters. The predicted octanol–water partition coefficient (Wildman–Crippen LogP) is 4.00. The Morgan fingerprint density at radius 1 is 1.05 bits per heavy atom. The average Bonchev–Trinajstić information content (AvgIpc) is 2.51. The van der Waals surface area contributed by atoms with Crippen LogP contribution in [0.2, 0.25) is 0 Å². The zero-order valence-electron chi connectivity index (χ0n) is 12.2. The Labute approximate surface area is 123 Å². The Kier molecular flexibility index (Phi) is 5.28. The van der Waals surface area contributed by atoms with E-state index in [0.717, 1.165) is 0 Å². The Bertz CT molecular complexity index is 587. The van der Waals surface area contributed by atoms with E-state index in [9.17, 15) is 8.78 Å². The lowest BCUT2D eigenvalue weighted by molar-refractivity contribution is 0.263. The molecule has 0 amide bonds. The van der Waals surface area contributed by atoms with E-state index in [0.29, 0.717) is 17.9 Å². The molecule has 0 aliphatic rings. The fourth-order valence-corrected chi connectivity index (χ4v) is 2.13. The van der Waals surface area contributed by atoms with E-state index >= 15 is 0 Å². The molecule has 2 nitrogen and oxygen atoms in total. The maximum atomic E-state index is 14.1. The number of hydrogen-bond donors (Lipinski definition) is 1. The molecule has 0 heterocycles. The number of hydrogen-bond acceptors (Lipinski definition) is 2. The number of benzene rings is 2. The molecular weight excluding hydrogens is 272 g/mol. The second kappa shape index (κ2) is 7.18. The fourth-order valence-electron chi connectivity index (χ4n) is 2.13. The Morgan fingerprint density at radius 2 is 1.76 bits per heavy atom. The van der Waals surface area contributed by atoms with Crippen molar-refractivity contribution >= 4 is 0 Å². The van der Waals surface area contributed by atoms with Crippen molar-refractivity contribution in [3.8, 4) is 5.75 Å². The number of nitrogens with one attached hydrogen (secondary N) is 1. The van der Waals surface area contributed by atoms with Crippen LogP contribution in [0.3, 0.4) is 0 Å². The van der Waals surface area contributed by atoms with Crippen LogP contribution in [0.4, 0.5) is 8.78 Å². The van der Waals surface area contributed by atoms with Gasteiger partial charge < -0.3 is 10.1 Å². The van der Waals surface area contributed by atoms with Crippen molar-refractivity contribution in [2.24, 2.45) is 0 Å². The molecule has 0 aliphatic carbocycles. The van der Waals surface area contributed by atoms with Crippen molar-refractivity contribution in [3.05, 3.63) is 65.2 Å². The molecular formula is C17H19F2NO. The summed E-state index contributed by atoms with van der Waals surface area (Å²) in [5.74, 6) is -0.902. The molecule has 2 rings (SSSR count). The summed E-state index contributed by atoms with van der Waals surface area (Å²) in [7, 11) is 0. The van der Waals surface area contributed by atoms with Crippen LogP contribution in [0.25, 0.3) is 0 Å². The van der Waals surface area contributed by atoms with E-state index < -0.39 is 17.7 Å². The van der Waals surface area contributed by atoms with Crippen molar-refractivity contribution in [1.82, 2.24) is 5.32 Å². The SMILES string of the molecule is CCNC(COc1ccccc1)c1ccc(C)c(F)c1F. The molecule has 0 bridgehead atoms. The largest absolute Gasteiger partial charge is 0.492 e. The van der Waals surface area contributed by atoms with Gasteiger partial charge in [0.25, 0.3) is 0 Å². The van der Waals surface area contributed by atoms with Crippen LogP contribution in [-0.4, -0.2) is 13.2 Å². The van der Waals surface area contributed by atoms with Gasteiger partial charge in [-0.15, -0.1) is 0 Å². The second-order valence-electron chi connectivity index (χ2n) is 4.83. The maximum absolute atomic E-state index is 14.1. The van der Waals surface area contributed by atoms with Gasteiger partial charge in [0, 0.05) is 5.56 Å². The van der Waals surface area contributed by atoms with Crippen LogP contribution >= 0.6 is 0 Å². The number of halogens is 2. The number of likely N-dealkylation sites (N-methyl/N-ethyl adjacent to an activating group) is 1. The van der Waals surface area contributed by atoms with E-state index in [1.807, 2.05) is 37.3 Å². The predicted molar refractivity (Wildman–Crippen MR) is 79.4 cm³/mol. The van der Waals surface area contributed by atoms with Gasteiger partial charge in [-0.05, 0) is 31.2 Å². The van der Waals surface area contributed by atoms with E-state index in [1.54, 1.807) is 19.1 Å². The molecule has 0 fully saturated rings. The van der Waals surface area contributed by atoms with E-state index in [-0.39, 0.29) is 12.2 Å². The molecule has 112 valence electrons. The molecule has 2 aromatic rings. The molecule has 0 aromatic heterocycles. The van der Waals surface area contributed by atoms with Crippen LogP contribution in [-0.2, 0) is 0 Å². The smallest absolute Gasteiger partial charge is 0.163 e. The summed E-state index contributed by atoms with van der Waals surface area (Å²) in [6.45, 7) is 4.33. The first-order valence-corrected chi connectivity index (χ1v) is 6.99. The fraction of sp³-hybridized carbons (Fsp3) is 0.294. The molecule has 1 N–H and O–H groups in total. The number of ether oxygens (including phenoxy) is 1. The van der Waals surface area contributed by atoms with Crippen molar-refractivity contribution in [2.75, 3.05) is 13.2 Å². The van der Waals surface area contributed by atoms with Gasteiger partial charge in [-0.1, -0.05) is 37.3 Å². The summed E-state index contributed by atoms with van der Waals surface area (Å²) < 4.78 is 33.5. The Balaban J connectivity index is 2.17. The first kappa shape index (κ1) is 15.4. The number of aryl methyl sites for hydroxylation is 1. The number of para-hydroxylation sites is 1. The average molecular weight is 291 g/mol. The van der Waals surface area contributed by atoms with Gasteiger partial charge in [-0.3, -0.25) is 0 Å². The lowest BCUT2D eigenvalue weighted by atomic mass is 10.0. The standard InChI is InChI=1S/C17H19F2NO/c1-3-20-15(11-21-13-7-5-4-6-8-13)14-10-9-12(2)16(18)17(14)19/h4-10,15,20H,3,11H2,1-2H3. The van der Waals surface area contributed by atoms with Crippen molar-refractivity contribution in [1.29, 1.82) is 0 Å². The highest BCUT2D eigenvalue weighted by atomic mass is 19.2. The van der Waals surface area contributed by atoms with Gasteiger partial charge in [-0.2, -0.15) is 0 Å². The van der Waals surface area contributed by atoms with E-state index in [4.69, 9.17) is 4.74 Å². The zero-order chi connectivity index (χ0) is 15.2. The van der Waals surface area contributed by atoms with Crippen LogP contribution in [0.1, 0.15) is 24.1 Å². The summed E-state index contributed by atoms with van der Waals surface area (Å²) in [6, 6.07) is 12.1. The quantitative estimate of drug-likeness (QED) is 0.868. The third-order valence-electron chi connectivity index (χ3n) is 3.29. The molecule has 21 heavy (non-hydrogen) atoms. The first-order chi connectivity index (χ1) is 10.1.